The molecule has 4 aromatic rings. The van der Waals surface area contributed by atoms with Gasteiger partial charge in [0, 0.05) is 33.1 Å². The maximum absolute atomic E-state index is 12.4. The molecule has 1 amide bonds. The fourth-order valence-electron chi connectivity index (χ4n) is 3.82. The number of hydrogen-bond donors (Lipinski definition) is 1. The van der Waals surface area contributed by atoms with Crippen LogP contribution in [0, 0.1) is 6.92 Å². The van der Waals surface area contributed by atoms with Gasteiger partial charge in [0.05, 0.1) is 22.1 Å². The summed E-state index contributed by atoms with van der Waals surface area (Å²) in [5.41, 5.74) is 3.75. The van der Waals surface area contributed by atoms with Gasteiger partial charge in [-0.05, 0) is 37.6 Å². The lowest BCUT2D eigenvalue weighted by atomic mass is 10.3. The molecule has 0 aliphatic rings. The van der Waals surface area contributed by atoms with Crippen molar-refractivity contribution in [1.29, 1.82) is 0 Å². The molecular weight excluding hydrogens is 366 g/mol. The van der Waals surface area contributed by atoms with Gasteiger partial charge in [0.1, 0.15) is 5.82 Å². The monoisotopic (exact) mass is 391 g/mol. The average Bonchev–Trinajstić information content (AvgIpc) is 3.17. The van der Waals surface area contributed by atoms with Crippen molar-refractivity contribution < 1.29 is 4.79 Å². The topological polar surface area (TPSA) is 73.8 Å². The van der Waals surface area contributed by atoms with E-state index in [0.717, 1.165) is 40.9 Å². The van der Waals surface area contributed by atoms with E-state index < -0.39 is 0 Å². The van der Waals surface area contributed by atoms with Crippen molar-refractivity contribution in [1.82, 2.24) is 24.0 Å². The van der Waals surface area contributed by atoms with Crippen LogP contribution in [0.15, 0.2) is 53.3 Å². The van der Waals surface area contributed by atoms with E-state index >= 15 is 0 Å². The van der Waals surface area contributed by atoms with Crippen LogP contribution in [0.5, 0.6) is 0 Å². The van der Waals surface area contributed by atoms with Crippen LogP contribution in [0.3, 0.4) is 0 Å². The molecular formula is C22H25N5O2. The second-order valence-electron chi connectivity index (χ2n) is 7.23. The maximum Gasteiger partial charge on any atom is 0.328 e. The Bertz CT molecular complexity index is 1230. The Morgan fingerprint density at radius 3 is 2.45 bits per heavy atom. The average molecular weight is 391 g/mol. The van der Waals surface area contributed by atoms with Crippen molar-refractivity contribution in [2.45, 2.75) is 32.9 Å². The van der Waals surface area contributed by atoms with Gasteiger partial charge in [-0.2, -0.15) is 0 Å². The zero-order valence-electron chi connectivity index (χ0n) is 16.8. The number of nitrogens with zero attached hydrogens (tertiary/aromatic N) is 4. The predicted octanol–water partition coefficient (Wildman–Crippen LogP) is 2.59. The number of fused-ring (bicyclic) bond motifs is 2. The van der Waals surface area contributed by atoms with Crippen molar-refractivity contribution >= 4 is 28.0 Å². The molecule has 0 aliphatic carbocycles. The molecule has 1 N–H and O–H groups in total. The largest absolute Gasteiger partial charge is 0.356 e. The Balaban J connectivity index is 1.31. The first-order valence-corrected chi connectivity index (χ1v) is 9.89. The van der Waals surface area contributed by atoms with Crippen LogP contribution in [0.25, 0.3) is 22.1 Å². The molecule has 0 atom stereocenters. The van der Waals surface area contributed by atoms with E-state index in [0.29, 0.717) is 13.1 Å². The molecule has 2 aromatic carbocycles. The van der Waals surface area contributed by atoms with E-state index in [9.17, 15) is 9.59 Å². The van der Waals surface area contributed by atoms with Gasteiger partial charge in [-0.15, -0.1) is 0 Å². The van der Waals surface area contributed by atoms with Crippen molar-refractivity contribution in [3.05, 3.63) is 64.8 Å². The number of rotatable bonds is 7. The van der Waals surface area contributed by atoms with Gasteiger partial charge in [0.15, 0.2) is 0 Å². The smallest absolute Gasteiger partial charge is 0.328 e. The highest BCUT2D eigenvalue weighted by atomic mass is 16.2. The van der Waals surface area contributed by atoms with E-state index in [1.165, 1.54) is 0 Å². The number of amides is 1. The van der Waals surface area contributed by atoms with Crippen LogP contribution >= 0.6 is 0 Å². The lowest BCUT2D eigenvalue weighted by molar-refractivity contribution is -0.121. The molecule has 0 saturated carbocycles. The highest BCUT2D eigenvalue weighted by Gasteiger charge is 2.11. The molecule has 0 bridgehead atoms. The van der Waals surface area contributed by atoms with Crippen molar-refractivity contribution in [2.75, 3.05) is 6.54 Å². The van der Waals surface area contributed by atoms with E-state index in [2.05, 4.69) is 20.9 Å². The summed E-state index contributed by atoms with van der Waals surface area (Å²) in [5, 5.41) is 2.96. The number of carbonyl (C=O) groups is 1. The van der Waals surface area contributed by atoms with Gasteiger partial charge in [-0.1, -0.05) is 24.3 Å². The molecule has 2 heterocycles. The minimum absolute atomic E-state index is 0.0444. The number of nitrogens with one attached hydrogen (secondary N) is 1. The molecule has 0 saturated heterocycles. The Morgan fingerprint density at radius 1 is 0.966 bits per heavy atom. The number of carbonyl (C=O) groups excluding carboxylic acids is 1. The highest BCUT2D eigenvalue weighted by Crippen LogP contribution is 2.15. The zero-order chi connectivity index (χ0) is 20.4. The van der Waals surface area contributed by atoms with Crippen molar-refractivity contribution in [3.63, 3.8) is 0 Å². The molecule has 0 fully saturated rings. The fraction of sp³-hybridized carbons (Fsp3) is 0.318. The zero-order valence-corrected chi connectivity index (χ0v) is 16.8. The van der Waals surface area contributed by atoms with Crippen LogP contribution in [-0.2, 0) is 24.9 Å². The SMILES string of the molecule is Cc1nc2ccccc2n1CCCNC(=O)CCn1c(=O)n(C)c2ccccc21. The van der Waals surface area contributed by atoms with Gasteiger partial charge in [0.25, 0.3) is 0 Å². The molecule has 0 radical (unpaired) electrons. The summed E-state index contributed by atoms with van der Waals surface area (Å²) >= 11 is 0. The van der Waals surface area contributed by atoms with Gasteiger partial charge >= 0.3 is 5.69 Å². The van der Waals surface area contributed by atoms with Crippen LogP contribution in [0.1, 0.15) is 18.7 Å². The summed E-state index contributed by atoms with van der Waals surface area (Å²) in [7, 11) is 1.75. The third-order valence-electron chi connectivity index (χ3n) is 5.34. The van der Waals surface area contributed by atoms with Gasteiger partial charge in [0.2, 0.25) is 5.91 Å². The van der Waals surface area contributed by atoms with Gasteiger partial charge < -0.3 is 9.88 Å². The van der Waals surface area contributed by atoms with Crippen LogP contribution in [-0.4, -0.2) is 31.1 Å². The predicted molar refractivity (Wildman–Crippen MR) is 114 cm³/mol. The number of benzene rings is 2. The molecule has 150 valence electrons. The summed E-state index contributed by atoms with van der Waals surface area (Å²) in [4.78, 5) is 29.2. The van der Waals surface area contributed by atoms with Crippen molar-refractivity contribution in [3.8, 4) is 0 Å². The van der Waals surface area contributed by atoms with E-state index in [-0.39, 0.29) is 18.0 Å². The molecule has 7 heteroatoms. The third-order valence-corrected chi connectivity index (χ3v) is 5.34. The summed E-state index contributed by atoms with van der Waals surface area (Å²) in [6.45, 7) is 3.77. The Labute approximate surface area is 168 Å². The first-order chi connectivity index (χ1) is 14.1. The number of imidazole rings is 2. The molecule has 2 aromatic heterocycles. The summed E-state index contributed by atoms with van der Waals surface area (Å²) in [5.74, 6) is 0.935. The van der Waals surface area contributed by atoms with Crippen LogP contribution < -0.4 is 11.0 Å². The number of aromatic nitrogens is 4. The minimum Gasteiger partial charge on any atom is -0.356 e. The minimum atomic E-state index is -0.0959. The fourth-order valence-corrected chi connectivity index (χ4v) is 3.82. The molecule has 0 spiro atoms. The summed E-state index contributed by atoms with van der Waals surface area (Å²) in [6, 6.07) is 15.7. The molecule has 7 nitrogen and oxygen atoms in total. The lowest BCUT2D eigenvalue weighted by Crippen LogP contribution is -2.29. The van der Waals surface area contributed by atoms with E-state index in [1.54, 1.807) is 16.2 Å². The summed E-state index contributed by atoms with van der Waals surface area (Å²) in [6.07, 6.45) is 1.10. The number of para-hydroxylation sites is 4. The second-order valence-corrected chi connectivity index (χ2v) is 7.23. The Kier molecular flexibility index (Phi) is 5.20. The highest BCUT2D eigenvalue weighted by molar-refractivity contribution is 5.78. The number of aryl methyl sites for hydroxylation is 4. The van der Waals surface area contributed by atoms with Crippen molar-refractivity contribution in [2.24, 2.45) is 7.05 Å². The number of hydrogen-bond acceptors (Lipinski definition) is 3. The normalized spacial score (nSPS) is 11.4. The second kappa shape index (κ2) is 7.95. The molecule has 0 unspecified atom stereocenters. The quantitative estimate of drug-likeness (QED) is 0.492. The third kappa shape index (κ3) is 3.68. The lowest BCUT2D eigenvalue weighted by Gasteiger charge is -2.09. The Morgan fingerprint density at radius 2 is 1.66 bits per heavy atom. The first-order valence-electron chi connectivity index (χ1n) is 9.89. The molecule has 29 heavy (non-hydrogen) atoms. The van der Waals surface area contributed by atoms with Crippen LogP contribution in [0.2, 0.25) is 0 Å². The van der Waals surface area contributed by atoms with E-state index in [1.807, 2.05) is 49.4 Å². The van der Waals surface area contributed by atoms with Crippen LogP contribution in [0.4, 0.5) is 0 Å². The first kappa shape index (κ1) is 19.0. The molecule has 4 rings (SSSR count). The summed E-state index contributed by atoms with van der Waals surface area (Å²) < 4.78 is 5.46. The maximum atomic E-state index is 12.4. The standard InChI is InChI=1S/C22H25N5O2/c1-16-24-17-8-3-4-9-18(17)26(16)14-7-13-23-21(28)12-15-27-20-11-6-5-10-19(20)25(2)22(27)29/h3-6,8-11H,7,12-15H2,1-2H3,(H,23,28). The Hall–Kier alpha value is -3.35. The molecule has 0 aliphatic heterocycles. The van der Waals surface area contributed by atoms with Gasteiger partial charge in [-0.25, -0.2) is 9.78 Å². The van der Waals surface area contributed by atoms with Gasteiger partial charge in [-0.3, -0.25) is 13.9 Å². The van der Waals surface area contributed by atoms with E-state index in [4.69, 9.17) is 0 Å².